The van der Waals surface area contributed by atoms with Crippen LogP contribution in [-0.4, -0.2) is 35.8 Å². The van der Waals surface area contributed by atoms with Gasteiger partial charge in [0.25, 0.3) is 5.91 Å². The number of amidine groups is 1. The van der Waals surface area contributed by atoms with Gasteiger partial charge in [0, 0.05) is 30.3 Å². The Morgan fingerprint density at radius 3 is 2.44 bits per heavy atom. The molecule has 5 N–H and O–H groups in total. The van der Waals surface area contributed by atoms with Crippen molar-refractivity contribution < 1.29 is 9.53 Å². The van der Waals surface area contributed by atoms with E-state index in [1.54, 1.807) is 6.92 Å². The van der Waals surface area contributed by atoms with Crippen LogP contribution in [0.15, 0.2) is 71.4 Å². The van der Waals surface area contributed by atoms with Crippen molar-refractivity contribution in [3.05, 3.63) is 71.9 Å². The number of nitrogens with two attached hydrogens (primary N) is 1. The molecule has 3 aliphatic rings. The monoisotopic (exact) mass is 486 g/mol. The zero-order valence-electron chi connectivity index (χ0n) is 21.0. The van der Waals surface area contributed by atoms with E-state index in [9.17, 15) is 4.79 Å². The van der Waals surface area contributed by atoms with Gasteiger partial charge in [0.15, 0.2) is 0 Å². The maximum absolute atomic E-state index is 11.9. The van der Waals surface area contributed by atoms with Crippen LogP contribution >= 0.6 is 0 Å². The average Bonchev–Trinajstić information content (AvgIpc) is 2.87. The number of para-hydroxylation sites is 1. The second-order valence-electron chi connectivity index (χ2n) is 9.03. The van der Waals surface area contributed by atoms with Crippen molar-refractivity contribution >= 4 is 11.7 Å². The Morgan fingerprint density at radius 1 is 1.11 bits per heavy atom. The molecule has 8 nitrogen and oxygen atoms in total. The Kier molecular flexibility index (Phi) is 7.93. The minimum Gasteiger partial charge on any atom is -0.457 e. The van der Waals surface area contributed by atoms with E-state index in [1.807, 2.05) is 79.5 Å². The second-order valence-corrected chi connectivity index (χ2v) is 9.03. The maximum atomic E-state index is 11.9. The topological polar surface area (TPSA) is 104 Å². The molecular formula is C28H34N6O2. The Morgan fingerprint density at radius 2 is 1.78 bits per heavy atom. The van der Waals surface area contributed by atoms with Gasteiger partial charge in [-0.25, -0.2) is 0 Å². The van der Waals surface area contributed by atoms with Crippen molar-refractivity contribution in [3.8, 4) is 23.3 Å². The fourth-order valence-corrected chi connectivity index (χ4v) is 4.81. The third-order valence-corrected chi connectivity index (χ3v) is 6.53. The van der Waals surface area contributed by atoms with Gasteiger partial charge in [-0.3, -0.25) is 15.2 Å². The van der Waals surface area contributed by atoms with Gasteiger partial charge in [0.1, 0.15) is 17.3 Å². The van der Waals surface area contributed by atoms with Gasteiger partial charge in [-0.1, -0.05) is 50.1 Å². The van der Waals surface area contributed by atoms with Crippen LogP contribution in [0.3, 0.4) is 0 Å². The van der Waals surface area contributed by atoms with Crippen LogP contribution < -0.4 is 26.9 Å². The molecule has 1 spiro atoms. The fourth-order valence-electron chi connectivity index (χ4n) is 4.81. The first-order valence-corrected chi connectivity index (χ1v) is 12.4. The lowest BCUT2D eigenvalue weighted by Crippen LogP contribution is -2.64. The Labute approximate surface area is 212 Å². The molecule has 8 heteroatoms. The molecule has 1 aliphatic carbocycles. The van der Waals surface area contributed by atoms with Crippen molar-refractivity contribution in [2.24, 2.45) is 16.1 Å². The highest BCUT2D eigenvalue weighted by Crippen LogP contribution is 2.49. The van der Waals surface area contributed by atoms with E-state index in [1.165, 1.54) is 0 Å². The number of aliphatic imine (C=N–C) groups is 1. The number of ether oxygens (including phenoxy) is 1. The van der Waals surface area contributed by atoms with Crippen LogP contribution in [0.2, 0.25) is 0 Å². The van der Waals surface area contributed by atoms with Crippen LogP contribution in [0.25, 0.3) is 0 Å². The van der Waals surface area contributed by atoms with E-state index < -0.39 is 0 Å². The first-order chi connectivity index (χ1) is 17.5. The molecule has 1 saturated carbocycles. The smallest absolute Gasteiger partial charge is 0.298 e. The minimum atomic E-state index is -0.356. The van der Waals surface area contributed by atoms with Gasteiger partial charge in [0.2, 0.25) is 0 Å². The summed E-state index contributed by atoms with van der Waals surface area (Å²) in [6, 6.07) is 17.3. The van der Waals surface area contributed by atoms with Crippen molar-refractivity contribution in [1.82, 2.24) is 21.3 Å². The minimum absolute atomic E-state index is 0.0801. The molecule has 36 heavy (non-hydrogen) atoms. The molecule has 1 saturated heterocycles. The lowest BCUT2D eigenvalue weighted by molar-refractivity contribution is -0.144. The van der Waals surface area contributed by atoms with Gasteiger partial charge >= 0.3 is 0 Å². The normalized spacial score (nSPS) is 19.6. The molecule has 2 aliphatic heterocycles. The molecule has 2 aromatic rings. The summed E-state index contributed by atoms with van der Waals surface area (Å²) in [7, 11) is 0. The SMILES string of the molecule is CC.CC#CC(=O)N1CC2(CC(N=C3NNNC=C3C(N)c3ccc(Oc4ccccc4)cc3)C2)C1. The molecule has 1 amide bonds. The number of rotatable bonds is 5. The highest BCUT2D eigenvalue weighted by molar-refractivity contribution is 6.00. The van der Waals surface area contributed by atoms with Crippen LogP contribution in [0, 0.1) is 17.3 Å². The molecule has 0 aromatic heterocycles. The molecule has 0 radical (unpaired) electrons. The number of nitrogens with one attached hydrogen (secondary N) is 3. The van der Waals surface area contributed by atoms with Gasteiger partial charge in [-0.15, -0.1) is 5.53 Å². The van der Waals surface area contributed by atoms with E-state index >= 15 is 0 Å². The van der Waals surface area contributed by atoms with Gasteiger partial charge < -0.3 is 20.8 Å². The second kappa shape index (κ2) is 11.3. The third-order valence-electron chi connectivity index (χ3n) is 6.53. The maximum Gasteiger partial charge on any atom is 0.298 e. The highest BCUT2D eigenvalue weighted by Gasteiger charge is 2.53. The summed E-state index contributed by atoms with van der Waals surface area (Å²) in [6.45, 7) is 7.23. The summed E-state index contributed by atoms with van der Waals surface area (Å²) in [5.41, 5.74) is 17.6. The van der Waals surface area contributed by atoms with Crippen LogP contribution in [0.4, 0.5) is 0 Å². The number of hydrogen-bond acceptors (Lipinski definition) is 6. The largest absolute Gasteiger partial charge is 0.457 e. The lowest BCUT2D eigenvalue weighted by Gasteiger charge is -2.57. The van der Waals surface area contributed by atoms with E-state index in [0.717, 1.165) is 54.4 Å². The number of amides is 1. The third kappa shape index (κ3) is 5.54. The Balaban J connectivity index is 0.00000148. The highest BCUT2D eigenvalue weighted by atomic mass is 16.5. The van der Waals surface area contributed by atoms with E-state index in [4.69, 9.17) is 15.5 Å². The molecule has 1 unspecified atom stereocenters. The summed E-state index contributed by atoms with van der Waals surface area (Å²) in [5.74, 6) is 7.49. The molecule has 2 heterocycles. The number of hydrogen-bond donors (Lipinski definition) is 4. The number of nitrogens with zero attached hydrogens (tertiary/aromatic N) is 2. The first kappa shape index (κ1) is 25.3. The number of benzene rings is 2. The average molecular weight is 487 g/mol. The summed E-state index contributed by atoms with van der Waals surface area (Å²) < 4.78 is 5.88. The predicted molar refractivity (Wildman–Crippen MR) is 142 cm³/mol. The zero-order chi connectivity index (χ0) is 25.5. The standard InChI is InChI=1S/C26H28N6O2.C2H6/c1-2-6-23(33)32-16-26(17-32)13-19(14-26)29-25-22(15-28-31-30-25)24(27)18-9-11-21(12-10-18)34-20-7-4-3-5-8-20;1-2/h3-5,7-12,15,19,24,28,31H,13-14,16-17,27H2,1H3,(H,29,30);1-2H3. The van der Waals surface area contributed by atoms with E-state index in [2.05, 4.69) is 28.2 Å². The molecule has 0 bridgehead atoms. The zero-order valence-corrected chi connectivity index (χ0v) is 21.0. The van der Waals surface area contributed by atoms with Crippen molar-refractivity contribution in [2.45, 2.75) is 45.7 Å². The first-order valence-electron chi connectivity index (χ1n) is 12.4. The number of carbonyl (C=O) groups is 1. The molecule has 2 aromatic carbocycles. The van der Waals surface area contributed by atoms with Crippen molar-refractivity contribution in [2.75, 3.05) is 13.1 Å². The lowest BCUT2D eigenvalue weighted by atomic mass is 9.61. The number of likely N-dealkylation sites (tertiary alicyclic amines) is 1. The van der Waals surface area contributed by atoms with Gasteiger partial charge in [-0.2, -0.15) is 0 Å². The van der Waals surface area contributed by atoms with Crippen LogP contribution in [0.1, 0.15) is 45.2 Å². The van der Waals surface area contributed by atoms with Crippen molar-refractivity contribution in [3.63, 3.8) is 0 Å². The summed E-state index contributed by atoms with van der Waals surface area (Å²) >= 11 is 0. The fraction of sp³-hybridized carbons (Fsp3) is 0.357. The molecule has 2 fully saturated rings. The predicted octanol–water partition coefficient (Wildman–Crippen LogP) is 3.41. The van der Waals surface area contributed by atoms with Crippen LogP contribution in [0.5, 0.6) is 11.5 Å². The van der Waals surface area contributed by atoms with Crippen LogP contribution in [-0.2, 0) is 4.79 Å². The van der Waals surface area contributed by atoms with Gasteiger partial charge in [0.05, 0.1) is 12.1 Å². The Bertz CT molecular complexity index is 1170. The Hall–Kier alpha value is -3.80. The summed E-state index contributed by atoms with van der Waals surface area (Å²) in [6.07, 6.45) is 3.77. The number of carbonyl (C=O) groups excluding carboxylic acids is 1. The molecule has 188 valence electrons. The molecule has 1 atom stereocenters. The van der Waals surface area contributed by atoms with Gasteiger partial charge in [-0.05, 0) is 55.5 Å². The number of hydrazine groups is 2. The molecule has 5 rings (SSSR count). The van der Waals surface area contributed by atoms with E-state index in [-0.39, 0.29) is 23.4 Å². The summed E-state index contributed by atoms with van der Waals surface area (Å²) in [5, 5.41) is 0. The van der Waals surface area contributed by atoms with E-state index in [0.29, 0.717) is 0 Å². The quantitative estimate of drug-likeness (QED) is 0.483. The van der Waals surface area contributed by atoms with Crippen molar-refractivity contribution in [1.29, 1.82) is 0 Å². The summed E-state index contributed by atoms with van der Waals surface area (Å²) in [4.78, 5) is 18.6. The molecular weight excluding hydrogens is 452 g/mol.